The first-order valence-corrected chi connectivity index (χ1v) is 7.17. The molecule has 2 spiro atoms. The molecule has 1 saturated heterocycles. The fraction of sp³-hybridized carbons (Fsp3) is 0.857. The summed E-state index contributed by atoms with van der Waals surface area (Å²) >= 11 is 0. The number of rotatable bonds is 1. The Balaban J connectivity index is 1.72. The first-order chi connectivity index (χ1) is 8.94. The SMILES string of the molecule is CNC1CCC2(CC1)CC1(C2)C(=O)N(C)C(=O)N1C. The van der Waals surface area contributed by atoms with Crippen LogP contribution in [0.2, 0.25) is 0 Å². The van der Waals surface area contributed by atoms with Gasteiger partial charge in [0.1, 0.15) is 5.54 Å². The second-order valence-electron chi connectivity index (χ2n) is 6.65. The quantitative estimate of drug-likeness (QED) is 0.725. The zero-order valence-corrected chi connectivity index (χ0v) is 12.0. The van der Waals surface area contributed by atoms with Crippen molar-refractivity contribution in [3.8, 4) is 0 Å². The molecule has 0 aromatic rings. The molecule has 5 nitrogen and oxygen atoms in total. The molecule has 3 amide bonds. The molecule has 0 atom stereocenters. The van der Waals surface area contributed by atoms with Crippen LogP contribution in [-0.4, -0.2) is 54.5 Å². The van der Waals surface area contributed by atoms with E-state index in [1.165, 1.54) is 30.6 Å². The summed E-state index contributed by atoms with van der Waals surface area (Å²) in [6.07, 6.45) is 6.46. The molecule has 2 saturated carbocycles. The number of carbonyl (C=O) groups excluding carboxylic acids is 2. The molecule has 19 heavy (non-hydrogen) atoms. The fourth-order valence-electron chi connectivity index (χ4n) is 4.40. The van der Waals surface area contributed by atoms with E-state index >= 15 is 0 Å². The molecule has 106 valence electrons. The van der Waals surface area contributed by atoms with Gasteiger partial charge in [-0.3, -0.25) is 9.69 Å². The third-order valence-electron chi connectivity index (χ3n) is 5.71. The van der Waals surface area contributed by atoms with Gasteiger partial charge in [0.15, 0.2) is 0 Å². The third kappa shape index (κ3) is 1.57. The predicted molar refractivity (Wildman–Crippen MR) is 71.6 cm³/mol. The number of carbonyl (C=O) groups is 2. The van der Waals surface area contributed by atoms with Crippen molar-refractivity contribution >= 4 is 11.9 Å². The minimum Gasteiger partial charge on any atom is -0.317 e. The fourth-order valence-corrected chi connectivity index (χ4v) is 4.40. The van der Waals surface area contributed by atoms with Crippen LogP contribution in [0.3, 0.4) is 0 Å². The van der Waals surface area contributed by atoms with Gasteiger partial charge >= 0.3 is 6.03 Å². The lowest BCUT2D eigenvalue weighted by Crippen LogP contribution is -2.63. The van der Waals surface area contributed by atoms with E-state index in [1.807, 2.05) is 7.05 Å². The van der Waals surface area contributed by atoms with Crippen LogP contribution in [0.25, 0.3) is 0 Å². The summed E-state index contributed by atoms with van der Waals surface area (Å²) in [4.78, 5) is 27.2. The maximum atomic E-state index is 12.3. The number of imide groups is 1. The van der Waals surface area contributed by atoms with E-state index in [1.54, 1.807) is 19.0 Å². The molecule has 0 radical (unpaired) electrons. The predicted octanol–water partition coefficient (Wildman–Crippen LogP) is 1.19. The van der Waals surface area contributed by atoms with E-state index in [0.29, 0.717) is 11.5 Å². The molecule has 0 unspecified atom stereocenters. The smallest absolute Gasteiger partial charge is 0.317 e. The van der Waals surface area contributed by atoms with Crippen LogP contribution < -0.4 is 5.32 Å². The molecule has 0 bridgehead atoms. The first kappa shape index (κ1) is 12.9. The lowest BCUT2D eigenvalue weighted by atomic mass is 9.51. The van der Waals surface area contributed by atoms with Gasteiger partial charge in [0, 0.05) is 20.1 Å². The second kappa shape index (κ2) is 3.95. The summed E-state index contributed by atoms with van der Waals surface area (Å²) in [7, 11) is 5.39. The van der Waals surface area contributed by atoms with Gasteiger partial charge in [-0.1, -0.05) is 0 Å². The van der Waals surface area contributed by atoms with E-state index in [0.717, 1.165) is 12.8 Å². The van der Waals surface area contributed by atoms with Gasteiger partial charge in [-0.05, 0) is 51.0 Å². The number of nitrogens with zero attached hydrogens (tertiary/aromatic N) is 2. The van der Waals surface area contributed by atoms with E-state index in [4.69, 9.17) is 0 Å². The standard InChI is InChI=1S/C14H23N3O2/c1-15-10-4-6-13(7-5-10)8-14(9-13)11(18)16(2)12(19)17(14)3/h10,15H,4-9H2,1-3H3. The monoisotopic (exact) mass is 265 g/mol. The molecular weight excluding hydrogens is 242 g/mol. The van der Waals surface area contributed by atoms with Gasteiger partial charge in [0.05, 0.1) is 0 Å². The molecule has 5 heteroatoms. The lowest BCUT2D eigenvalue weighted by Gasteiger charge is -2.57. The molecule has 2 aliphatic carbocycles. The highest BCUT2D eigenvalue weighted by molar-refractivity contribution is 6.07. The Morgan fingerprint density at radius 1 is 1.16 bits per heavy atom. The van der Waals surface area contributed by atoms with Crippen LogP contribution >= 0.6 is 0 Å². The number of nitrogens with one attached hydrogen (secondary N) is 1. The number of urea groups is 1. The second-order valence-corrected chi connectivity index (χ2v) is 6.65. The molecule has 3 rings (SSSR count). The van der Waals surface area contributed by atoms with Crippen LogP contribution in [0, 0.1) is 5.41 Å². The topological polar surface area (TPSA) is 52.7 Å². The Kier molecular flexibility index (Phi) is 2.68. The van der Waals surface area contributed by atoms with Crippen molar-refractivity contribution in [2.24, 2.45) is 5.41 Å². The highest BCUT2D eigenvalue weighted by Gasteiger charge is 2.66. The Hall–Kier alpha value is -1.10. The van der Waals surface area contributed by atoms with Crippen LogP contribution in [0.15, 0.2) is 0 Å². The molecule has 3 fully saturated rings. The van der Waals surface area contributed by atoms with Gasteiger partial charge < -0.3 is 10.2 Å². The summed E-state index contributed by atoms with van der Waals surface area (Å²) in [6.45, 7) is 0. The highest BCUT2D eigenvalue weighted by atomic mass is 16.2. The van der Waals surface area contributed by atoms with E-state index in [9.17, 15) is 9.59 Å². The average Bonchev–Trinajstić information content (AvgIpc) is 2.55. The number of amides is 3. The van der Waals surface area contributed by atoms with Crippen LogP contribution in [0.1, 0.15) is 38.5 Å². The molecule has 1 heterocycles. The maximum absolute atomic E-state index is 12.3. The van der Waals surface area contributed by atoms with E-state index in [2.05, 4.69) is 5.32 Å². The van der Waals surface area contributed by atoms with Crippen molar-refractivity contribution in [2.75, 3.05) is 21.1 Å². The molecular formula is C14H23N3O2. The minimum absolute atomic E-state index is 0.00126. The van der Waals surface area contributed by atoms with Gasteiger partial charge in [-0.25, -0.2) is 4.79 Å². The minimum atomic E-state index is -0.516. The first-order valence-electron chi connectivity index (χ1n) is 7.17. The lowest BCUT2D eigenvalue weighted by molar-refractivity contribution is -0.147. The van der Waals surface area contributed by atoms with Crippen molar-refractivity contribution < 1.29 is 9.59 Å². The third-order valence-corrected chi connectivity index (χ3v) is 5.71. The van der Waals surface area contributed by atoms with Crippen molar-refractivity contribution in [2.45, 2.75) is 50.1 Å². The van der Waals surface area contributed by atoms with Crippen molar-refractivity contribution in [1.29, 1.82) is 0 Å². The average molecular weight is 265 g/mol. The van der Waals surface area contributed by atoms with Gasteiger partial charge in [0.25, 0.3) is 5.91 Å². The van der Waals surface area contributed by atoms with Gasteiger partial charge in [-0.15, -0.1) is 0 Å². The summed E-state index contributed by atoms with van der Waals surface area (Å²) in [5.41, 5.74) is -0.207. The van der Waals surface area contributed by atoms with Crippen LogP contribution in [0.4, 0.5) is 4.79 Å². The zero-order chi connectivity index (χ0) is 13.8. The molecule has 0 aromatic carbocycles. The summed E-state index contributed by atoms with van der Waals surface area (Å²) in [5.74, 6) is 0.00126. The summed E-state index contributed by atoms with van der Waals surface area (Å²) < 4.78 is 0. The van der Waals surface area contributed by atoms with Crippen LogP contribution in [-0.2, 0) is 4.79 Å². The maximum Gasteiger partial charge on any atom is 0.327 e. The Labute approximate surface area is 114 Å². The van der Waals surface area contributed by atoms with Gasteiger partial charge in [-0.2, -0.15) is 0 Å². The summed E-state index contributed by atoms with van der Waals surface area (Å²) in [5, 5.41) is 3.34. The largest absolute Gasteiger partial charge is 0.327 e. The number of hydrogen-bond donors (Lipinski definition) is 1. The molecule has 0 aromatic heterocycles. The van der Waals surface area contributed by atoms with Gasteiger partial charge in [0.2, 0.25) is 0 Å². The highest BCUT2D eigenvalue weighted by Crippen LogP contribution is 2.60. The normalized spacial score (nSPS) is 42.4. The number of hydrogen-bond acceptors (Lipinski definition) is 3. The molecule has 1 N–H and O–H groups in total. The van der Waals surface area contributed by atoms with Crippen LogP contribution in [0.5, 0.6) is 0 Å². The Morgan fingerprint density at radius 3 is 2.16 bits per heavy atom. The molecule has 1 aliphatic heterocycles. The van der Waals surface area contributed by atoms with Crippen molar-refractivity contribution in [3.05, 3.63) is 0 Å². The summed E-state index contributed by atoms with van der Waals surface area (Å²) in [6, 6.07) is 0.479. The van der Waals surface area contributed by atoms with E-state index in [-0.39, 0.29) is 11.9 Å². The Morgan fingerprint density at radius 2 is 1.74 bits per heavy atom. The Bertz CT molecular complexity index is 418. The van der Waals surface area contributed by atoms with E-state index < -0.39 is 5.54 Å². The number of likely N-dealkylation sites (N-methyl/N-ethyl adjacent to an activating group) is 2. The zero-order valence-electron chi connectivity index (χ0n) is 12.0. The van der Waals surface area contributed by atoms with Crippen molar-refractivity contribution in [1.82, 2.24) is 15.1 Å². The molecule has 3 aliphatic rings. The van der Waals surface area contributed by atoms with Crippen molar-refractivity contribution in [3.63, 3.8) is 0 Å².